The zero-order chi connectivity index (χ0) is 14.9. The second kappa shape index (κ2) is 5.63. The first-order chi connectivity index (χ1) is 10.2. The maximum Gasteiger partial charge on any atom is 0.0867 e. The van der Waals surface area contributed by atoms with Gasteiger partial charge in [-0.3, -0.25) is 0 Å². The first-order valence-electron chi connectivity index (χ1n) is 7.73. The van der Waals surface area contributed by atoms with Crippen molar-refractivity contribution in [3.05, 3.63) is 70.8 Å². The summed E-state index contributed by atoms with van der Waals surface area (Å²) in [7, 11) is 0. The molecule has 0 bridgehead atoms. The van der Waals surface area contributed by atoms with Crippen LogP contribution in [0.1, 0.15) is 35.3 Å². The highest BCUT2D eigenvalue weighted by atomic mass is 16.3. The Morgan fingerprint density at radius 1 is 1.05 bits per heavy atom. The number of aliphatic hydroxyl groups is 1. The van der Waals surface area contributed by atoms with E-state index in [9.17, 15) is 5.11 Å². The fourth-order valence-electron chi connectivity index (χ4n) is 3.63. The van der Waals surface area contributed by atoms with E-state index in [2.05, 4.69) is 37.3 Å². The van der Waals surface area contributed by atoms with E-state index in [1.54, 1.807) is 0 Å². The van der Waals surface area contributed by atoms with Crippen molar-refractivity contribution in [2.24, 2.45) is 11.1 Å². The predicted octanol–water partition coefficient (Wildman–Crippen LogP) is 3.03. The number of nitrogens with two attached hydrogens (primary N) is 1. The van der Waals surface area contributed by atoms with Crippen molar-refractivity contribution in [2.75, 3.05) is 6.54 Å². The van der Waals surface area contributed by atoms with Gasteiger partial charge >= 0.3 is 0 Å². The van der Waals surface area contributed by atoms with Gasteiger partial charge < -0.3 is 10.8 Å². The highest BCUT2D eigenvalue weighted by Gasteiger charge is 2.43. The summed E-state index contributed by atoms with van der Waals surface area (Å²) in [5.74, 6) is 0. The normalized spacial score (nSPS) is 17.5. The molecule has 0 saturated heterocycles. The van der Waals surface area contributed by atoms with Gasteiger partial charge in [-0.1, -0.05) is 55.5 Å². The molecule has 1 unspecified atom stereocenters. The molecular formula is C19H23NO. The molecule has 2 aromatic rings. The molecule has 0 saturated carbocycles. The minimum atomic E-state index is -0.508. The molecule has 2 nitrogen and oxygen atoms in total. The standard InChI is InChI=1S/C19H23NO/c1-2-14-7-5-6-10-17(14)18(21)19(13-20)11-15-8-3-4-9-16(15)12-19/h3-10,18,21H,2,11-13,20H2,1H3. The Balaban J connectivity index is 1.98. The lowest BCUT2D eigenvalue weighted by Gasteiger charge is -2.34. The molecule has 1 aliphatic rings. The molecule has 3 N–H and O–H groups in total. The summed E-state index contributed by atoms with van der Waals surface area (Å²) in [4.78, 5) is 0. The van der Waals surface area contributed by atoms with E-state index < -0.39 is 6.10 Å². The molecule has 3 rings (SSSR count). The number of benzene rings is 2. The van der Waals surface area contributed by atoms with Crippen LogP contribution < -0.4 is 5.73 Å². The monoisotopic (exact) mass is 281 g/mol. The van der Waals surface area contributed by atoms with E-state index in [4.69, 9.17) is 5.73 Å². The van der Waals surface area contributed by atoms with Gasteiger partial charge in [0.2, 0.25) is 0 Å². The number of hydrogen-bond donors (Lipinski definition) is 2. The number of fused-ring (bicyclic) bond motifs is 1. The Morgan fingerprint density at radius 2 is 1.62 bits per heavy atom. The molecule has 21 heavy (non-hydrogen) atoms. The average molecular weight is 281 g/mol. The smallest absolute Gasteiger partial charge is 0.0867 e. The van der Waals surface area contributed by atoms with E-state index in [0.29, 0.717) is 6.54 Å². The Morgan fingerprint density at radius 3 is 2.19 bits per heavy atom. The summed E-state index contributed by atoms with van der Waals surface area (Å²) in [6.45, 7) is 2.63. The van der Waals surface area contributed by atoms with Gasteiger partial charge in [0, 0.05) is 12.0 Å². The highest BCUT2D eigenvalue weighted by Crippen LogP contribution is 2.45. The van der Waals surface area contributed by atoms with Crippen LogP contribution in [0.25, 0.3) is 0 Å². The van der Waals surface area contributed by atoms with E-state index in [-0.39, 0.29) is 5.41 Å². The summed E-state index contributed by atoms with van der Waals surface area (Å²) < 4.78 is 0. The molecule has 1 aliphatic carbocycles. The third-order valence-electron chi connectivity index (χ3n) is 4.92. The van der Waals surface area contributed by atoms with Crippen molar-refractivity contribution in [3.8, 4) is 0 Å². The Kier molecular flexibility index (Phi) is 3.83. The van der Waals surface area contributed by atoms with Gasteiger partial charge in [0.15, 0.2) is 0 Å². The van der Waals surface area contributed by atoms with Gasteiger partial charge in [0.05, 0.1) is 6.10 Å². The van der Waals surface area contributed by atoms with E-state index >= 15 is 0 Å². The van der Waals surface area contributed by atoms with Gasteiger partial charge in [-0.25, -0.2) is 0 Å². The molecule has 2 aromatic carbocycles. The third-order valence-corrected chi connectivity index (χ3v) is 4.92. The van der Waals surface area contributed by atoms with Crippen LogP contribution >= 0.6 is 0 Å². The van der Waals surface area contributed by atoms with E-state index in [1.807, 2.05) is 18.2 Å². The molecule has 0 aliphatic heterocycles. The van der Waals surface area contributed by atoms with Crippen molar-refractivity contribution < 1.29 is 5.11 Å². The topological polar surface area (TPSA) is 46.2 Å². The van der Waals surface area contributed by atoms with Gasteiger partial charge in [0.25, 0.3) is 0 Å². The van der Waals surface area contributed by atoms with Crippen molar-refractivity contribution in [2.45, 2.75) is 32.3 Å². The van der Waals surface area contributed by atoms with Crippen LogP contribution in [0.3, 0.4) is 0 Å². The second-order valence-corrected chi connectivity index (χ2v) is 6.14. The highest BCUT2D eigenvalue weighted by molar-refractivity contribution is 5.38. The van der Waals surface area contributed by atoms with Crippen LogP contribution in [0, 0.1) is 5.41 Å². The van der Waals surface area contributed by atoms with Gasteiger partial charge in [-0.15, -0.1) is 0 Å². The maximum atomic E-state index is 11.1. The SMILES string of the molecule is CCc1ccccc1C(O)C1(CN)Cc2ccccc2C1. The van der Waals surface area contributed by atoms with Crippen LogP contribution in [-0.4, -0.2) is 11.7 Å². The summed E-state index contributed by atoms with van der Waals surface area (Å²) in [5, 5.41) is 11.1. The first kappa shape index (κ1) is 14.3. The van der Waals surface area contributed by atoms with Gasteiger partial charge in [0.1, 0.15) is 0 Å². The number of aryl methyl sites for hydroxylation is 1. The Labute approximate surface area is 126 Å². The first-order valence-corrected chi connectivity index (χ1v) is 7.73. The fraction of sp³-hybridized carbons (Fsp3) is 0.368. The molecule has 0 amide bonds. The summed E-state index contributed by atoms with van der Waals surface area (Å²) in [6.07, 6.45) is 2.14. The zero-order valence-corrected chi connectivity index (χ0v) is 12.5. The fourth-order valence-corrected chi connectivity index (χ4v) is 3.63. The van der Waals surface area contributed by atoms with Crippen LogP contribution in [0.5, 0.6) is 0 Å². The number of rotatable bonds is 4. The average Bonchev–Trinajstić information content (AvgIpc) is 2.94. The largest absolute Gasteiger partial charge is 0.388 e. The molecule has 110 valence electrons. The van der Waals surface area contributed by atoms with E-state index in [0.717, 1.165) is 24.8 Å². The molecule has 0 heterocycles. The third kappa shape index (κ3) is 2.39. The molecule has 0 radical (unpaired) electrons. The lowest BCUT2D eigenvalue weighted by molar-refractivity contribution is 0.0351. The summed E-state index contributed by atoms with van der Waals surface area (Å²) in [6, 6.07) is 16.6. The Hall–Kier alpha value is -1.64. The number of aliphatic hydroxyl groups excluding tert-OH is 1. The van der Waals surface area contributed by atoms with Crippen molar-refractivity contribution in [1.29, 1.82) is 0 Å². The second-order valence-electron chi connectivity index (χ2n) is 6.14. The van der Waals surface area contributed by atoms with Crippen LogP contribution in [0.2, 0.25) is 0 Å². The van der Waals surface area contributed by atoms with E-state index in [1.165, 1.54) is 16.7 Å². The minimum Gasteiger partial charge on any atom is -0.388 e. The molecular weight excluding hydrogens is 258 g/mol. The van der Waals surface area contributed by atoms with Crippen LogP contribution in [-0.2, 0) is 19.3 Å². The lowest BCUT2D eigenvalue weighted by Crippen LogP contribution is -2.38. The molecule has 1 atom stereocenters. The van der Waals surface area contributed by atoms with Crippen molar-refractivity contribution >= 4 is 0 Å². The summed E-state index contributed by atoms with van der Waals surface area (Å²) in [5.41, 5.74) is 10.8. The van der Waals surface area contributed by atoms with Gasteiger partial charge in [-0.05, 0) is 41.5 Å². The summed E-state index contributed by atoms with van der Waals surface area (Å²) >= 11 is 0. The van der Waals surface area contributed by atoms with Gasteiger partial charge in [-0.2, -0.15) is 0 Å². The Bertz CT molecular complexity index is 610. The molecule has 0 fully saturated rings. The maximum absolute atomic E-state index is 11.1. The van der Waals surface area contributed by atoms with Crippen LogP contribution in [0.15, 0.2) is 48.5 Å². The molecule has 0 aromatic heterocycles. The predicted molar refractivity (Wildman–Crippen MR) is 86.1 cm³/mol. The van der Waals surface area contributed by atoms with Crippen molar-refractivity contribution in [3.63, 3.8) is 0 Å². The number of hydrogen-bond acceptors (Lipinski definition) is 2. The lowest BCUT2D eigenvalue weighted by atomic mass is 9.75. The molecule has 2 heteroatoms. The van der Waals surface area contributed by atoms with Crippen molar-refractivity contribution in [1.82, 2.24) is 0 Å². The quantitative estimate of drug-likeness (QED) is 0.905. The zero-order valence-electron chi connectivity index (χ0n) is 12.5. The molecule has 0 spiro atoms. The minimum absolute atomic E-state index is 0.269. The van der Waals surface area contributed by atoms with Crippen LogP contribution in [0.4, 0.5) is 0 Å².